The van der Waals surface area contributed by atoms with Gasteiger partial charge < -0.3 is 5.32 Å². The summed E-state index contributed by atoms with van der Waals surface area (Å²) in [5.74, 6) is -2.01. The number of halogens is 1. The third-order valence-corrected chi connectivity index (χ3v) is 7.65. The minimum Gasteiger partial charge on any atom is -0.324 e. The van der Waals surface area contributed by atoms with E-state index in [0.717, 1.165) is 24.0 Å². The lowest BCUT2D eigenvalue weighted by atomic mass is 9.75. The van der Waals surface area contributed by atoms with Crippen molar-refractivity contribution in [3.8, 4) is 0 Å². The Kier molecular flexibility index (Phi) is 3.79. The third kappa shape index (κ3) is 2.24. The zero-order valence-corrected chi connectivity index (χ0v) is 18.1. The molecule has 2 aromatic rings. The van der Waals surface area contributed by atoms with E-state index in [-0.39, 0.29) is 23.8 Å². The van der Waals surface area contributed by atoms with Gasteiger partial charge in [0, 0.05) is 22.3 Å². The lowest BCUT2D eigenvalue weighted by Gasteiger charge is -2.36. The minimum absolute atomic E-state index is 0.131. The van der Waals surface area contributed by atoms with Crippen LogP contribution in [0.4, 0.5) is 11.4 Å². The SMILES string of the molecule is Cc1cc(C)cc(N2C(=O)C3C4CCCN4C4(C(=O)Nc5ccc(Cl)cc54)C3C2=O)c1. The molecule has 1 spiro atoms. The number of amides is 3. The van der Waals surface area contributed by atoms with Gasteiger partial charge in [-0.05, 0) is 74.7 Å². The lowest BCUT2D eigenvalue weighted by Crippen LogP contribution is -2.54. The summed E-state index contributed by atoms with van der Waals surface area (Å²) in [5.41, 5.74) is 2.76. The fourth-order valence-electron chi connectivity index (χ4n) is 6.51. The molecule has 1 N–H and O–H groups in total. The molecule has 0 radical (unpaired) electrons. The first-order valence-electron chi connectivity index (χ1n) is 10.7. The van der Waals surface area contributed by atoms with Crippen LogP contribution in [0, 0.1) is 25.7 Å². The van der Waals surface area contributed by atoms with Crippen LogP contribution in [0.5, 0.6) is 0 Å². The normalized spacial score (nSPS) is 31.4. The lowest BCUT2D eigenvalue weighted by molar-refractivity contribution is -0.135. The summed E-state index contributed by atoms with van der Waals surface area (Å²) in [6.45, 7) is 4.58. The second-order valence-electron chi connectivity index (χ2n) is 9.17. The number of imide groups is 1. The Hall–Kier alpha value is -2.70. The van der Waals surface area contributed by atoms with Gasteiger partial charge in [0.25, 0.3) is 0 Å². The summed E-state index contributed by atoms with van der Waals surface area (Å²) in [6.07, 6.45) is 1.69. The van der Waals surface area contributed by atoms with Crippen LogP contribution in [0.25, 0.3) is 0 Å². The molecule has 4 aliphatic heterocycles. The number of benzene rings is 2. The van der Waals surface area contributed by atoms with Gasteiger partial charge in [-0.1, -0.05) is 17.7 Å². The Bertz CT molecular complexity index is 1170. The van der Waals surface area contributed by atoms with Crippen LogP contribution in [0.2, 0.25) is 5.02 Å². The minimum atomic E-state index is -1.19. The van der Waals surface area contributed by atoms with Crippen molar-refractivity contribution in [2.24, 2.45) is 11.8 Å². The highest BCUT2D eigenvalue weighted by atomic mass is 35.5. The third-order valence-electron chi connectivity index (χ3n) is 7.42. The number of aryl methyl sites for hydroxylation is 2. The number of nitrogens with one attached hydrogen (secondary N) is 1. The van der Waals surface area contributed by atoms with Gasteiger partial charge in [-0.15, -0.1) is 0 Å². The van der Waals surface area contributed by atoms with Gasteiger partial charge in [0.05, 0.1) is 17.5 Å². The first kappa shape index (κ1) is 19.0. The molecule has 6 rings (SSSR count). The Morgan fingerprint density at radius 2 is 1.77 bits per heavy atom. The van der Waals surface area contributed by atoms with Gasteiger partial charge in [-0.25, -0.2) is 4.90 Å². The van der Waals surface area contributed by atoms with Gasteiger partial charge in [0.15, 0.2) is 0 Å². The molecular formula is C24H22ClN3O3. The summed E-state index contributed by atoms with van der Waals surface area (Å²) >= 11 is 6.32. The number of fused-ring (bicyclic) bond motifs is 7. The van der Waals surface area contributed by atoms with Crippen LogP contribution in [-0.2, 0) is 19.9 Å². The van der Waals surface area contributed by atoms with E-state index in [9.17, 15) is 14.4 Å². The molecule has 4 unspecified atom stereocenters. The molecule has 0 aromatic heterocycles. The smallest absolute Gasteiger partial charge is 0.250 e. The molecule has 0 bridgehead atoms. The van der Waals surface area contributed by atoms with Gasteiger partial charge in [0.2, 0.25) is 17.7 Å². The molecule has 4 atom stereocenters. The fourth-order valence-corrected chi connectivity index (χ4v) is 6.68. The number of carbonyl (C=O) groups excluding carboxylic acids is 3. The van der Waals surface area contributed by atoms with E-state index in [1.54, 1.807) is 18.2 Å². The van der Waals surface area contributed by atoms with Crippen molar-refractivity contribution in [1.29, 1.82) is 0 Å². The Morgan fingerprint density at radius 3 is 2.52 bits per heavy atom. The van der Waals surface area contributed by atoms with Crippen LogP contribution in [0.15, 0.2) is 36.4 Å². The van der Waals surface area contributed by atoms with Gasteiger partial charge in [0.1, 0.15) is 5.54 Å². The highest BCUT2D eigenvalue weighted by Gasteiger charge is 2.74. The van der Waals surface area contributed by atoms with Gasteiger partial charge in [-0.3, -0.25) is 19.3 Å². The first-order valence-corrected chi connectivity index (χ1v) is 11.1. The van der Waals surface area contributed by atoms with Crippen molar-refractivity contribution in [2.45, 2.75) is 38.3 Å². The van der Waals surface area contributed by atoms with Gasteiger partial charge in [-0.2, -0.15) is 0 Å². The van der Waals surface area contributed by atoms with E-state index in [1.807, 2.05) is 32.0 Å². The largest absolute Gasteiger partial charge is 0.324 e. The predicted molar refractivity (Wildman–Crippen MR) is 117 cm³/mol. The number of hydrogen-bond donors (Lipinski definition) is 1. The van der Waals surface area contributed by atoms with Crippen LogP contribution in [0.3, 0.4) is 0 Å². The van der Waals surface area contributed by atoms with Crippen molar-refractivity contribution in [3.63, 3.8) is 0 Å². The first-order chi connectivity index (χ1) is 14.8. The molecule has 31 heavy (non-hydrogen) atoms. The van der Waals surface area contributed by atoms with E-state index >= 15 is 0 Å². The Morgan fingerprint density at radius 1 is 1.03 bits per heavy atom. The second kappa shape index (κ2) is 6.17. The summed E-state index contributed by atoms with van der Waals surface area (Å²) in [5, 5.41) is 3.48. The highest BCUT2D eigenvalue weighted by Crippen LogP contribution is 2.60. The monoisotopic (exact) mass is 435 g/mol. The summed E-state index contributed by atoms with van der Waals surface area (Å²) in [4.78, 5) is 44.6. The number of carbonyl (C=O) groups is 3. The molecule has 3 amide bonds. The predicted octanol–water partition coefficient (Wildman–Crippen LogP) is 3.39. The topological polar surface area (TPSA) is 69.7 Å². The zero-order valence-electron chi connectivity index (χ0n) is 17.3. The van der Waals surface area contributed by atoms with Crippen molar-refractivity contribution in [1.82, 2.24) is 4.90 Å². The standard InChI is InChI=1S/C24H22ClN3O3/c1-12-8-13(2)10-15(9-12)28-21(29)19-18-4-3-7-27(18)24(20(19)22(28)30)16-11-14(25)5-6-17(16)26-23(24)31/h5-6,8-11,18-20H,3-4,7H2,1-2H3,(H,26,31). The van der Waals surface area contributed by atoms with E-state index in [4.69, 9.17) is 11.6 Å². The molecule has 0 aliphatic carbocycles. The molecule has 3 saturated heterocycles. The quantitative estimate of drug-likeness (QED) is 0.697. The van der Waals surface area contributed by atoms with E-state index in [0.29, 0.717) is 28.5 Å². The van der Waals surface area contributed by atoms with Crippen molar-refractivity contribution in [2.75, 3.05) is 16.8 Å². The molecule has 6 nitrogen and oxygen atoms in total. The number of hydrogen-bond acceptors (Lipinski definition) is 4. The molecule has 7 heteroatoms. The molecular weight excluding hydrogens is 414 g/mol. The number of anilines is 2. The summed E-state index contributed by atoms with van der Waals surface area (Å²) in [7, 11) is 0. The van der Waals surface area contributed by atoms with Gasteiger partial charge >= 0.3 is 0 Å². The van der Waals surface area contributed by atoms with E-state index in [2.05, 4.69) is 10.2 Å². The molecule has 158 valence electrons. The average molecular weight is 436 g/mol. The summed E-state index contributed by atoms with van der Waals surface area (Å²) < 4.78 is 0. The molecule has 4 heterocycles. The Labute approximate surface area is 185 Å². The number of rotatable bonds is 1. The maximum absolute atomic E-state index is 13.9. The molecule has 4 aliphatic rings. The van der Waals surface area contributed by atoms with Crippen LogP contribution in [-0.4, -0.2) is 35.2 Å². The average Bonchev–Trinajstić information content (AvgIpc) is 3.39. The maximum Gasteiger partial charge on any atom is 0.250 e. The summed E-state index contributed by atoms with van der Waals surface area (Å²) in [6, 6.07) is 10.9. The molecule has 3 fully saturated rings. The van der Waals surface area contributed by atoms with Crippen LogP contribution >= 0.6 is 11.6 Å². The molecule has 0 saturated carbocycles. The maximum atomic E-state index is 13.9. The number of nitrogens with zero attached hydrogens (tertiary/aromatic N) is 2. The van der Waals surface area contributed by atoms with E-state index < -0.39 is 17.4 Å². The Balaban J connectivity index is 1.57. The van der Waals surface area contributed by atoms with Crippen LogP contribution in [0.1, 0.15) is 29.5 Å². The molecule has 2 aromatic carbocycles. The van der Waals surface area contributed by atoms with Crippen molar-refractivity contribution in [3.05, 3.63) is 58.1 Å². The fraction of sp³-hybridized carbons (Fsp3) is 0.375. The van der Waals surface area contributed by atoms with Crippen molar-refractivity contribution >= 4 is 40.7 Å². The van der Waals surface area contributed by atoms with Crippen LogP contribution < -0.4 is 10.2 Å². The van der Waals surface area contributed by atoms with Crippen molar-refractivity contribution < 1.29 is 14.4 Å². The van der Waals surface area contributed by atoms with E-state index in [1.165, 1.54) is 4.90 Å². The zero-order chi connectivity index (χ0) is 21.7. The second-order valence-corrected chi connectivity index (χ2v) is 9.61. The highest BCUT2D eigenvalue weighted by molar-refractivity contribution is 6.31.